The lowest BCUT2D eigenvalue weighted by Crippen LogP contribution is -2.35. The number of rotatable bonds is 8. The molecule has 25 heavy (non-hydrogen) atoms. The lowest BCUT2D eigenvalue weighted by molar-refractivity contribution is -0.125. The summed E-state index contributed by atoms with van der Waals surface area (Å²) in [7, 11) is -3.06. The summed E-state index contributed by atoms with van der Waals surface area (Å²) in [5, 5.41) is 9.85. The number of aliphatic hydroxyl groups is 1. The van der Waals surface area contributed by atoms with Crippen molar-refractivity contribution in [3.05, 3.63) is 34.9 Å². The van der Waals surface area contributed by atoms with E-state index in [1.165, 1.54) is 0 Å². The summed E-state index contributed by atoms with van der Waals surface area (Å²) in [6, 6.07) is 0. The highest BCUT2D eigenvalue weighted by Crippen LogP contribution is 2.39. The Morgan fingerprint density at radius 1 is 1.32 bits per heavy atom. The highest BCUT2D eigenvalue weighted by atomic mass is 32.2. The summed E-state index contributed by atoms with van der Waals surface area (Å²) in [4.78, 5) is 12.0. The number of sulfone groups is 1. The smallest absolute Gasteiger partial charge is 0.187 e. The second-order valence-electron chi connectivity index (χ2n) is 7.68. The molecule has 0 amide bonds. The normalized spacial score (nSPS) is 22.1. The molecule has 0 bridgehead atoms. The number of allylic oxidation sites excluding steroid dienone is 4. The molecule has 4 nitrogen and oxygen atoms in total. The van der Waals surface area contributed by atoms with E-state index in [-0.39, 0.29) is 22.7 Å². The minimum Gasteiger partial charge on any atom is -0.385 e. The number of carbonyl (C=O) groups is 1. The summed E-state index contributed by atoms with van der Waals surface area (Å²) >= 11 is 0. The number of aliphatic hydroxyl groups excluding tert-OH is 1. The molecule has 1 atom stereocenters. The largest absolute Gasteiger partial charge is 0.385 e. The molecule has 0 radical (unpaired) electrons. The SMILES string of the molecule is CCCCCS(=O)(=O)C/C(C)=C/C=C/C1=C(C)C(=O)C(O)CC1(C)C. The van der Waals surface area contributed by atoms with Crippen LogP contribution in [0.1, 0.15) is 60.3 Å². The van der Waals surface area contributed by atoms with Crippen LogP contribution in [-0.4, -0.2) is 36.9 Å². The first-order valence-electron chi connectivity index (χ1n) is 8.98. The van der Waals surface area contributed by atoms with Crippen molar-refractivity contribution in [1.82, 2.24) is 0 Å². The molecule has 0 aliphatic heterocycles. The molecule has 0 heterocycles. The Kier molecular flexibility index (Phi) is 7.82. The van der Waals surface area contributed by atoms with Gasteiger partial charge in [-0.2, -0.15) is 0 Å². The van der Waals surface area contributed by atoms with Gasteiger partial charge in [0.25, 0.3) is 0 Å². The van der Waals surface area contributed by atoms with Gasteiger partial charge in [-0.05, 0) is 43.3 Å². The van der Waals surface area contributed by atoms with E-state index in [9.17, 15) is 18.3 Å². The number of Topliss-reactive ketones (excluding diaryl/α,β-unsaturated/α-hetero) is 1. The Morgan fingerprint density at radius 2 is 1.96 bits per heavy atom. The van der Waals surface area contributed by atoms with Crippen LogP contribution in [0.2, 0.25) is 0 Å². The molecular formula is C20H32O4S. The minimum absolute atomic E-state index is 0.0696. The van der Waals surface area contributed by atoms with Crippen LogP contribution in [0.4, 0.5) is 0 Å². The van der Waals surface area contributed by atoms with Gasteiger partial charge in [0.1, 0.15) is 6.10 Å². The van der Waals surface area contributed by atoms with Gasteiger partial charge in [-0.15, -0.1) is 0 Å². The standard InChI is InChI=1S/C20H32O4S/c1-6-7-8-12-25(23,24)14-15(2)10-9-11-17-16(3)19(22)18(21)13-20(17,4)5/h9-11,18,21H,6-8,12-14H2,1-5H3/b11-9+,15-10+. The highest BCUT2D eigenvalue weighted by molar-refractivity contribution is 7.91. The van der Waals surface area contributed by atoms with Gasteiger partial charge in [0.2, 0.25) is 0 Å². The van der Waals surface area contributed by atoms with Crippen LogP contribution in [0.3, 0.4) is 0 Å². The topological polar surface area (TPSA) is 71.4 Å². The third-order valence-electron chi connectivity index (χ3n) is 4.66. The zero-order valence-electron chi connectivity index (χ0n) is 16.1. The molecule has 0 aromatic carbocycles. The van der Waals surface area contributed by atoms with Crippen LogP contribution in [0.5, 0.6) is 0 Å². The van der Waals surface area contributed by atoms with E-state index >= 15 is 0 Å². The van der Waals surface area contributed by atoms with Crippen LogP contribution >= 0.6 is 0 Å². The van der Waals surface area contributed by atoms with Crippen molar-refractivity contribution in [1.29, 1.82) is 0 Å². The predicted molar refractivity (Wildman–Crippen MR) is 103 cm³/mol. The molecule has 1 rings (SSSR count). The van der Waals surface area contributed by atoms with Crippen molar-refractivity contribution in [3.8, 4) is 0 Å². The Morgan fingerprint density at radius 3 is 2.56 bits per heavy atom. The fourth-order valence-electron chi connectivity index (χ4n) is 3.27. The summed E-state index contributed by atoms with van der Waals surface area (Å²) in [6.07, 6.45) is 7.59. The van der Waals surface area contributed by atoms with Gasteiger partial charge in [0, 0.05) is 0 Å². The van der Waals surface area contributed by atoms with Crippen molar-refractivity contribution < 1.29 is 18.3 Å². The summed E-state index contributed by atoms with van der Waals surface area (Å²) < 4.78 is 24.1. The maximum absolute atomic E-state index is 12.1. The third-order valence-corrected chi connectivity index (χ3v) is 6.47. The second kappa shape index (κ2) is 8.95. The van der Waals surface area contributed by atoms with E-state index in [0.29, 0.717) is 18.4 Å². The van der Waals surface area contributed by atoms with Crippen LogP contribution < -0.4 is 0 Å². The van der Waals surface area contributed by atoms with Gasteiger partial charge < -0.3 is 5.11 Å². The van der Waals surface area contributed by atoms with E-state index < -0.39 is 15.9 Å². The monoisotopic (exact) mass is 368 g/mol. The average molecular weight is 369 g/mol. The first-order chi connectivity index (χ1) is 11.5. The Labute approximate surface area is 152 Å². The van der Waals surface area contributed by atoms with E-state index in [1.54, 1.807) is 13.0 Å². The Balaban J connectivity index is 2.84. The van der Waals surface area contributed by atoms with Gasteiger partial charge >= 0.3 is 0 Å². The fourth-order valence-corrected chi connectivity index (χ4v) is 4.85. The molecule has 0 fully saturated rings. The number of hydrogen-bond acceptors (Lipinski definition) is 4. The maximum atomic E-state index is 12.1. The molecule has 1 unspecified atom stereocenters. The van der Waals surface area contributed by atoms with Crippen molar-refractivity contribution in [2.24, 2.45) is 5.41 Å². The quantitative estimate of drug-likeness (QED) is 0.523. The number of carbonyl (C=O) groups excluding carboxylic acids is 1. The van der Waals surface area contributed by atoms with Crippen LogP contribution in [0.25, 0.3) is 0 Å². The van der Waals surface area contributed by atoms with Crippen LogP contribution in [0, 0.1) is 5.41 Å². The molecule has 0 aromatic rings. The molecular weight excluding hydrogens is 336 g/mol. The average Bonchev–Trinajstić information content (AvgIpc) is 2.47. The predicted octanol–water partition coefficient (Wildman–Crippen LogP) is 3.77. The van der Waals surface area contributed by atoms with Gasteiger partial charge in [0.05, 0.1) is 11.5 Å². The third kappa shape index (κ3) is 6.55. The zero-order chi connectivity index (χ0) is 19.3. The molecule has 0 saturated heterocycles. The molecule has 1 aliphatic rings. The molecule has 1 N–H and O–H groups in total. The van der Waals surface area contributed by atoms with E-state index in [0.717, 1.165) is 24.0 Å². The molecule has 142 valence electrons. The Bertz CT molecular complexity index is 678. The molecule has 1 aliphatic carbocycles. The van der Waals surface area contributed by atoms with Crippen molar-refractivity contribution in [2.45, 2.75) is 66.4 Å². The van der Waals surface area contributed by atoms with Gasteiger partial charge in [-0.3, -0.25) is 4.79 Å². The molecule has 0 saturated carbocycles. The Hall–Kier alpha value is -1.20. The number of ketones is 1. The lowest BCUT2D eigenvalue weighted by atomic mass is 9.71. The fraction of sp³-hybridized carbons (Fsp3) is 0.650. The summed E-state index contributed by atoms with van der Waals surface area (Å²) in [5.74, 6) is 0.0812. The minimum atomic E-state index is -3.06. The zero-order valence-corrected chi connectivity index (χ0v) is 16.9. The van der Waals surface area contributed by atoms with Crippen LogP contribution in [-0.2, 0) is 14.6 Å². The maximum Gasteiger partial charge on any atom is 0.187 e. The van der Waals surface area contributed by atoms with Gasteiger partial charge in [-0.1, -0.05) is 57.4 Å². The van der Waals surface area contributed by atoms with Crippen molar-refractivity contribution in [2.75, 3.05) is 11.5 Å². The van der Waals surface area contributed by atoms with Crippen molar-refractivity contribution >= 4 is 15.6 Å². The molecule has 0 aromatic heterocycles. The highest BCUT2D eigenvalue weighted by Gasteiger charge is 2.36. The van der Waals surface area contributed by atoms with Gasteiger partial charge in [-0.25, -0.2) is 8.42 Å². The summed E-state index contributed by atoms with van der Waals surface area (Å²) in [5.41, 5.74) is 1.98. The van der Waals surface area contributed by atoms with E-state index in [2.05, 4.69) is 6.92 Å². The number of hydrogen-bond donors (Lipinski definition) is 1. The van der Waals surface area contributed by atoms with E-state index in [4.69, 9.17) is 0 Å². The van der Waals surface area contributed by atoms with Crippen molar-refractivity contribution in [3.63, 3.8) is 0 Å². The molecule has 0 spiro atoms. The molecule has 5 heteroatoms. The van der Waals surface area contributed by atoms with Gasteiger partial charge in [0.15, 0.2) is 15.6 Å². The summed E-state index contributed by atoms with van der Waals surface area (Å²) in [6.45, 7) is 9.60. The lowest BCUT2D eigenvalue weighted by Gasteiger charge is -2.34. The first kappa shape index (κ1) is 21.8. The second-order valence-corrected chi connectivity index (χ2v) is 9.86. The van der Waals surface area contributed by atoms with E-state index in [1.807, 2.05) is 32.9 Å². The van der Waals surface area contributed by atoms with Crippen LogP contribution in [0.15, 0.2) is 34.9 Å². The first-order valence-corrected chi connectivity index (χ1v) is 10.8. The number of unbranched alkanes of at least 4 members (excludes halogenated alkanes) is 2.